The number of aromatic nitrogens is 2. The van der Waals surface area contributed by atoms with E-state index in [-0.39, 0.29) is 6.04 Å². The molecule has 0 spiro atoms. The topological polar surface area (TPSA) is 47.0 Å². The van der Waals surface area contributed by atoms with Crippen molar-refractivity contribution in [2.24, 2.45) is 0 Å². The van der Waals surface area contributed by atoms with Crippen LogP contribution in [0, 0.1) is 6.92 Å². The molecule has 4 heteroatoms. The Morgan fingerprint density at radius 2 is 2.10 bits per heavy atom. The Kier molecular flexibility index (Phi) is 5.69. The summed E-state index contributed by atoms with van der Waals surface area (Å²) in [5, 5.41) is 3.55. The van der Waals surface area contributed by atoms with Gasteiger partial charge in [0.05, 0.1) is 30.7 Å². The molecule has 1 atom stereocenters. The van der Waals surface area contributed by atoms with Crippen LogP contribution < -0.4 is 10.1 Å². The number of ether oxygens (including phenoxy) is 1. The largest absolute Gasteiger partial charge is 0.497 e. The summed E-state index contributed by atoms with van der Waals surface area (Å²) in [7, 11) is 1.69. The Hall–Kier alpha value is -1.94. The van der Waals surface area contributed by atoms with Gasteiger partial charge < -0.3 is 10.1 Å². The molecule has 112 valence electrons. The quantitative estimate of drug-likeness (QED) is 0.849. The number of nitrogens with one attached hydrogen (secondary N) is 1. The van der Waals surface area contributed by atoms with Gasteiger partial charge in [0.25, 0.3) is 0 Å². The standard InChI is InChI=1S/C17H23N3O/c1-4-8-18-16(17-12-19-13(2)11-20-17)10-14-6-5-7-15(9-14)21-3/h5-7,9,11-12,16,18H,4,8,10H2,1-3H3. The van der Waals surface area contributed by atoms with Gasteiger partial charge in [-0.05, 0) is 44.0 Å². The van der Waals surface area contributed by atoms with Gasteiger partial charge in [0, 0.05) is 6.20 Å². The highest BCUT2D eigenvalue weighted by molar-refractivity contribution is 5.29. The summed E-state index contributed by atoms with van der Waals surface area (Å²) in [6, 6.07) is 8.34. The van der Waals surface area contributed by atoms with Crippen LogP contribution in [0.15, 0.2) is 36.7 Å². The summed E-state index contributed by atoms with van der Waals surface area (Å²) in [4.78, 5) is 8.87. The smallest absolute Gasteiger partial charge is 0.119 e. The molecule has 0 bridgehead atoms. The Balaban J connectivity index is 2.17. The second kappa shape index (κ2) is 7.74. The number of hydrogen-bond donors (Lipinski definition) is 1. The van der Waals surface area contributed by atoms with Crippen molar-refractivity contribution in [2.45, 2.75) is 32.7 Å². The molecule has 1 N–H and O–H groups in total. The van der Waals surface area contributed by atoms with E-state index >= 15 is 0 Å². The summed E-state index contributed by atoms with van der Waals surface area (Å²) in [5.41, 5.74) is 3.15. The number of hydrogen-bond acceptors (Lipinski definition) is 4. The first-order chi connectivity index (χ1) is 10.2. The molecule has 0 aliphatic carbocycles. The predicted molar refractivity (Wildman–Crippen MR) is 84.5 cm³/mol. The summed E-state index contributed by atoms with van der Waals surface area (Å²) < 4.78 is 5.29. The van der Waals surface area contributed by atoms with Gasteiger partial charge in [-0.1, -0.05) is 19.1 Å². The minimum Gasteiger partial charge on any atom is -0.497 e. The van der Waals surface area contributed by atoms with E-state index in [9.17, 15) is 0 Å². The third-order valence-electron chi connectivity index (χ3n) is 3.37. The van der Waals surface area contributed by atoms with Gasteiger partial charge in [0.15, 0.2) is 0 Å². The lowest BCUT2D eigenvalue weighted by atomic mass is 10.0. The van der Waals surface area contributed by atoms with Crippen molar-refractivity contribution >= 4 is 0 Å². The van der Waals surface area contributed by atoms with Crippen molar-refractivity contribution < 1.29 is 4.74 Å². The van der Waals surface area contributed by atoms with Crippen LogP contribution in [0.2, 0.25) is 0 Å². The Morgan fingerprint density at radius 1 is 1.24 bits per heavy atom. The van der Waals surface area contributed by atoms with E-state index in [0.717, 1.165) is 36.5 Å². The number of rotatable bonds is 7. The Labute approximate surface area is 126 Å². The molecular weight excluding hydrogens is 262 g/mol. The lowest BCUT2D eigenvalue weighted by molar-refractivity contribution is 0.413. The van der Waals surface area contributed by atoms with Crippen LogP contribution >= 0.6 is 0 Å². The molecule has 21 heavy (non-hydrogen) atoms. The zero-order chi connectivity index (χ0) is 15.1. The van der Waals surface area contributed by atoms with E-state index in [1.807, 2.05) is 31.5 Å². The number of aryl methyl sites for hydroxylation is 1. The molecule has 0 saturated carbocycles. The minimum atomic E-state index is 0.171. The maximum atomic E-state index is 5.29. The van der Waals surface area contributed by atoms with Gasteiger partial charge in [-0.25, -0.2) is 0 Å². The molecule has 0 radical (unpaired) electrons. The maximum absolute atomic E-state index is 5.29. The third-order valence-corrected chi connectivity index (χ3v) is 3.37. The van der Waals surface area contributed by atoms with Gasteiger partial charge in [0.1, 0.15) is 5.75 Å². The highest BCUT2D eigenvalue weighted by Crippen LogP contribution is 2.20. The van der Waals surface area contributed by atoms with Crippen molar-refractivity contribution in [1.82, 2.24) is 15.3 Å². The average Bonchev–Trinajstić information content (AvgIpc) is 2.52. The summed E-state index contributed by atoms with van der Waals surface area (Å²) in [6.07, 6.45) is 5.65. The molecule has 2 rings (SSSR count). The van der Waals surface area contributed by atoms with Gasteiger partial charge in [0.2, 0.25) is 0 Å². The molecule has 0 fully saturated rings. The van der Waals surface area contributed by atoms with Crippen LogP contribution in [0.1, 0.15) is 36.3 Å². The second-order valence-corrected chi connectivity index (χ2v) is 5.15. The van der Waals surface area contributed by atoms with E-state index in [0.29, 0.717) is 0 Å². The first-order valence-electron chi connectivity index (χ1n) is 7.37. The fourth-order valence-electron chi connectivity index (χ4n) is 2.22. The molecule has 0 amide bonds. The van der Waals surface area contributed by atoms with Gasteiger partial charge in [-0.3, -0.25) is 9.97 Å². The fraction of sp³-hybridized carbons (Fsp3) is 0.412. The monoisotopic (exact) mass is 285 g/mol. The summed E-state index contributed by atoms with van der Waals surface area (Å²) >= 11 is 0. The third kappa shape index (κ3) is 4.53. The van der Waals surface area contributed by atoms with Crippen molar-refractivity contribution in [3.05, 3.63) is 53.6 Å². The first-order valence-corrected chi connectivity index (χ1v) is 7.37. The van der Waals surface area contributed by atoms with Crippen molar-refractivity contribution in [3.63, 3.8) is 0 Å². The van der Waals surface area contributed by atoms with E-state index in [2.05, 4.69) is 34.3 Å². The predicted octanol–water partition coefficient (Wildman–Crippen LogP) is 3.08. The van der Waals surface area contributed by atoms with Crippen LogP contribution in [0.5, 0.6) is 5.75 Å². The van der Waals surface area contributed by atoms with Gasteiger partial charge in [-0.2, -0.15) is 0 Å². The molecule has 1 unspecified atom stereocenters. The molecule has 1 heterocycles. The summed E-state index contributed by atoms with van der Waals surface area (Å²) in [5.74, 6) is 0.886. The minimum absolute atomic E-state index is 0.171. The second-order valence-electron chi connectivity index (χ2n) is 5.15. The molecule has 0 aliphatic rings. The Morgan fingerprint density at radius 3 is 2.76 bits per heavy atom. The van der Waals surface area contributed by atoms with Crippen LogP contribution in [-0.2, 0) is 6.42 Å². The lowest BCUT2D eigenvalue weighted by Crippen LogP contribution is -2.25. The first kappa shape index (κ1) is 15.4. The molecule has 2 aromatic rings. The zero-order valence-corrected chi connectivity index (χ0v) is 13.0. The number of methoxy groups -OCH3 is 1. The summed E-state index contributed by atoms with van der Waals surface area (Å²) in [6.45, 7) is 5.08. The van der Waals surface area contributed by atoms with Crippen LogP contribution in [0.25, 0.3) is 0 Å². The molecule has 1 aromatic heterocycles. The maximum Gasteiger partial charge on any atom is 0.119 e. The van der Waals surface area contributed by atoms with E-state index in [1.54, 1.807) is 7.11 Å². The number of benzene rings is 1. The van der Waals surface area contributed by atoms with Crippen molar-refractivity contribution in [1.29, 1.82) is 0 Å². The highest BCUT2D eigenvalue weighted by Gasteiger charge is 2.13. The molecule has 1 aromatic carbocycles. The van der Waals surface area contributed by atoms with Crippen molar-refractivity contribution in [2.75, 3.05) is 13.7 Å². The molecule has 0 aliphatic heterocycles. The zero-order valence-electron chi connectivity index (χ0n) is 13.0. The highest BCUT2D eigenvalue weighted by atomic mass is 16.5. The van der Waals surface area contributed by atoms with E-state index < -0.39 is 0 Å². The van der Waals surface area contributed by atoms with Crippen LogP contribution in [0.4, 0.5) is 0 Å². The number of nitrogens with zero attached hydrogens (tertiary/aromatic N) is 2. The molecule has 0 saturated heterocycles. The van der Waals surface area contributed by atoms with E-state index in [4.69, 9.17) is 4.74 Å². The van der Waals surface area contributed by atoms with Gasteiger partial charge >= 0.3 is 0 Å². The SMILES string of the molecule is CCCNC(Cc1cccc(OC)c1)c1cnc(C)cn1. The van der Waals surface area contributed by atoms with Crippen LogP contribution in [0.3, 0.4) is 0 Å². The van der Waals surface area contributed by atoms with Gasteiger partial charge in [-0.15, -0.1) is 0 Å². The van der Waals surface area contributed by atoms with E-state index in [1.165, 1.54) is 5.56 Å². The Bertz CT molecular complexity index is 554. The van der Waals surface area contributed by atoms with Crippen molar-refractivity contribution in [3.8, 4) is 5.75 Å². The normalized spacial score (nSPS) is 12.1. The molecule has 4 nitrogen and oxygen atoms in total. The van der Waals surface area contributed by atoms with Crippen LogP contribution in [-0.4, -0.2) is 23.6 Å². The average molecular weight is 285 g/mol. The molecular formula is C17H23N3O. The lowest BCUT2D eigenvalue weighted by Gasteiger charge is -2.18. The fourth-order valence-corrected chi connectivity index (χ4v) is 2.22.